The molecule has 2 aromatic rings. The lowest BCUT2D eigenvalue weighted by Gasteiger charge is -2.16. The molecular formula is C13H16N2S. The van der Waals surface area contributed by atoms with Crippen LogP contribution in [0.5, 0.6) is 0 Å². The highest BCUT2D eigenvalue weighted by atomic mass is 32.1. The Balaban J connectivity index is 2.16. The Hall–Kier alpha value is -1.16. The van der Waals surface area contributed by atoms with Gasteiger partial charge in [0.1, 0.15) is 0 Å². The molecule has 2 nitrogen and oxygen atoms in total. The smallest absolute Gasteiger partial charge is 0.0511 e. The summed E-state index contributed by atoms with van der Waals surface area (Å²) in [5.41, 5.74) is 5.50. The van der Waals surface area contributed by atoms with Crippen molar-refractivity contribution in [3.05, 3.63) is 57.8 Å². The zero-order chi connectivity index (χ0) is 11.4. The molecule has 0 amide bonds. The molecule has 3 N–H and O–H groups in total. The summed E-state index contributed by atoms with van der Waals surface area (Å²) >= 11 is 1.76. The van der Waals surface area contributed by atoms with Gasteiger partial charge < -0.3 is 0 Å². The predicted octanol–water partition coefficient (Wildman–Crippen LogP) is 2.80. The standard InChI is InChI=1S/C13H16N2S/c1-10-12(7-8-16-10)13(15-14)9-11-5-3-2-4-6-11/h2-8,13,15H,9,14H2,1H3. The minimum Gasteiger partial charge on any atom is -0.271 e. The van der Waals surface area contributed by atoms with Crippen LogP contribution < -0.4 is 11.3 Å². The molecule has 1 aromatic heterocycles. The number of hydrogen-bond acceptors (Lipinski definition) is 3. The fraction of sp³-hybridized carbons (Fsp3) is 0.231. The molecule has 1 atom stereocenters. The molecule has 1 heterocycles. The number of nitrogens with one attached hydrogen (secondary N) is 1. The average Bonchev–Trinajstić information content (AvgIpc) is 2.74. The largest absolute Gasteiger partial charge is 0.271 e. The highest BCUT2D eigenvalue weighted by molar-refractivity contribution is 7.10. The van der Waals surface area contributed by atoms with E-state index in [1.807, 2.05) is 6.07 Å². The molecular weight excluding hydrogens is 216 g/mol. The van der Waals surface area contributed by atoms with Gasteiger partial charge >= 0.3 is 0 Å². The first-order chi connectivity index (χ1) is 7.81. The molecule has 0 saturated heterocycles. The van der Waals surface area contributed by atoms with Gasteiger partial charge in [-0.3, -0.25) is 11.3 Å². The summed E-state index contributed by atoms with van der Waals surface area (Å²) in [7, 11) is 0. The summed E-state index contributed by atoms with van der Waals surface area (Å²) in [4.78, 5) is 1.33. The van der Waals surface area contributed by atoms with Gasteiger partial charge in [-0.1, -0.05) is 30.3 Å². The summed E-state index contributed by atoms with van der Waals surface area (Å²) in [6, 6.07) is 12.8. The SMILES string of the molecule is Cc1sccc1C(Cc1ccccc1)NN. The Labute approximate surface area is 100 Å². The van der Waals surface area contributed by atoms with Gasteiger partial charge in [-0.15, -0.1) is 11.3 Å². The second-order valence-corrected chi connectivity index (χ2v) is 4.96. The zero-order valence-electron chi connectivity index (χ0n) is 9.31. The van der Waals surface area contributed by atoms with Crippen LogP contribution >= 0.6 is 11.3 Å². The topological polar surface area (TPSA) is 38.0 Å². The third-order valence-electron chi connectivity index (χ3n) is 2.76. The molecule has 0 bridgehead atoms. The third kappa shape index (κ3) is 2.50. The van der Waals surface area contributed by atoms with Gasteiger partial charge in [-0.2, -0.15) is 0 Å². The molecule has 16 heavy (non-hydrogen) atoms. The lowest BCUT2D eigenvalue weighted by Crippen LogP contribution is -2.29. The number of hydrazine groups is 1. The molecule has 0 saturated carbocycles. The van der Waals surface area contributed by atoms with Gasteiger partial charge in [0.2, 0.25) is 0 Å². The van der Waals surface area contributed by atoms with Crippen molar-refractivity contribution in [3.63, 3.8) is 0 Å². The maximum atomic E-state index is 5.64. The number of rotatable bonds is 4. The first-order valence-electron chi connectivity index (χ1n) is 5.35. The highest BCUT2D eigenvalue weighted by Crippen LogP contribution is 2.24. The van der Waals surface area contributed by atoms with Crippen LogP contribution in [0, 0.1) is 6.92 Å². The van der Waals surface area contributed by atoms with Gasteiger partial charge in [-0.25, -0.2) is 0 Å². The van der Waals surface area contributed by atoms with Crippen molar-refractivity contribution in [2.75, 3.05) is 0 Å². The molecule has 0 aliphatic heterocycles. The van der Waals surface area contributed by atoms with E-state index in [4.69, 9.17) is 5.84 Å². The van der Waals surface area contributed by atoms with Crippen molar-refractivity contribution in [2.45, 2.75) is 19.4 Å². The Morgan fingerprint density at radius 3 is 2.56 bits per heavy atom. The summed E-state index contributed by atoms with van der Waals surface area (Å²) < 4.78 is 0. The first kappa shape index (κ1) is 11.3. The molecule has 2 rings (SSSR count). The minimum absolute atomic E-state index is 0.202. The second-order valence-electron chi connectivity index (χ2n) is 3.84. The van der Waals surface area contributed by atoms with Gasteiger partial charge in [-0.05, 0) is 35.9 Å². The van der Waals surface area contributed by atoms with Crippen molar-refractivity contribution >= 4 is 11.3 Å². The van der Waals surface area contributed by atoms with Crippen molar-refractivity contribution in [1.29, 1.82) is 0 Å². The molecule has 0 fully saturated rings. The number of hydrogen-bond donors (Lipinski definition) is 2. The molecule has 84 valence electrons. The Bertz CT molecular complexity index is 436. The van der Waals surface area contributed by atoms with Crippen LogP contribution in [0.2, 0.25) is 0 Å². The van der Waals surface area contributed by atoms with E-state index in [-0.39, 0.29) is 6.04 Å². The fourth-order valence-electron chi connectivity index (χ4n) is 1.86. The van der Waals surface area contributed by atoms with Crippen molar-refractivity contribution in [3.8, 4) is 0 Å². The molecule has 0 radical (unpaired) electrons. The van der Waals surface area contributed by atoms with Crippen LogP contribution in [0.15, 0.2) is 41.8 Å². The minimum atomic E-state index is 0.202. The molecule has 0 aliphatic rings. The summed E-state index contributed by atoms with van der Waals surface area (Å²) in [6.45, 7) is 2.13. The predicted molar refractivity (Wildman–Crippen MR) is 69.3 cm³/mol. The Morgan fingerprint density at radius 1 is 1.25 bits per heavy atom. The summed E-state index contributed by atoms with van der Waals surface area (Å²) in [5.74, 6) is 5.64. The monoisotopic (exact) mass is 232 g/mol. The third-order valence-corrected chi connectivity index (χ3v) is 3.62. The first-order valence-corrected chi connectivity index (χ1v) is 6.23. The normalized spacial score (nSPS) is 12.6. The Morgan fingerprint density at radius 2 is 2.00 bits per heavy atom. The van der Waals surface area contributed by atoms with E-state index < -0.39 is 0 Å². The highest BCUT2D eigenvalue weighted by Gasteiger charge is 2.13. The van der Waals surface area contributed by atoms with E-state index in [0.29, 0.717) is 0 Å². The number of thiophene rings is 1. The van der Waals surface area contributed by atoms with E-state index in [0.717, 1.165) is 6.42 Å². The molecule has 0 spiro atoms. The van der Waals surface area contributed by atoms with Gasteiger partial charge in [0.25, 0.3) is 0 Å². The number of nitrogens with two attached hydrogens (primary N) is 1. The van der Waals surface area contributed by atoms with Crippen LogP contribution in [0.4, 0.5) is 0 Å². The van der Waals surface area contributed by atoms with Crippen LogP contribution in [-0.4, -0.2) is 0 Å². The lowest BCUT2D eigenvalue weighted by atomic mass is 10.0. The summed E-state index contributed by atoms with van der Waals surface area (Å²) in [6.07, 6.45) is 0.926. The Kier molecular flexibility index (Phi) is 3.72. The fourth-order valence-corrected chi connectivity index (χ4v) is 2.63. The van der Waals surface area contributed by atoms with E-state index in [2.05, 4.69) is 48.1 Å². The molecule has 0 aliphatic carbocycles. The van der Waals surface area contributed by atoms with E-state index in [1.165, 1.54) is 16.0 Å². The van der Waals surface area contributed by atoms with E-state index in [1.54, 1.807) is 11.3 Å². The van der Waals surface area contributed by atoms with Crippen LogP contribution in [-0.2, 0) is 6.42 Å². The van der Waals surface area contributed by atoms with Crippen LogP contribution in [0.3, 0.4) is 0 Å². The van der Waals surface area contributed by atoms with E-state index >= 15 is 0 Å². The quantitative estimate of drug-likeness (QED) is 0.628. The van der Waals surface area contributed by atoms with Crippen molar-refractivity contribution in [1.82, 2.24) is 5.43 Å². The average molecular weight is 232 g/mol. The van der Waals surface area contributed by atoms with Crippen LogP contribution in [0.25, 0.3) is 0 Å². The second kappa shape index (κ2) is 5.25. The molecule has 3 heteroatoms. The number of aryl methyl sites for hydroxylation is 1. The zero-order valence-corrected chi connectivity index (χ0v) is 10.1. The summed E-state index contributed by atoms with van der Waals surface area (Å²) in [5, 5.41) is 2.11. The van der Waals surface area contributed by atoms with Gasteiger partial charge in [0.05, 0.1) is 6.04 Å². The van der Waals surface area contributed by atoms with Crippen molar-refractivity contribution < 1.29 is 0 Å². The van der Waals surface area contributed by atoms with Crippen molar-refractivity contribution in [2.24, 2.45) is 5.84 Å². The van der Waals surface area contributed by atoms with Gasteiger partial charge in [0.15, 0.2) is 0 Å². The van der Waals surface area contributed by atoms with E-state index in [9.17, 15) is 0 Å². The molecule has 1 aromatic carbocycles. The van der Waals surface area contributed by atoms with Crippen LogP contribution in [0.1, 0.15) is 22.0 Å². The lowest BCUT2D eigenvalue weighted by molar-refractivity contribution is 0.551. The maximum absolute atomic E-state index is 5.64. The number of benzene rings is 1. The van der Waals surface area contributed by atoms with Gasteiger partial charge in [0, 0.05) is 4.88 Å². The maximum Gasteiger partial charge on any atom is 0.0511 e. The molecule has 1 unspecified atom stereocenters.